The number of hydrogen-bond acceptors (Lipinski definition) is 6. The van der Waals surface area contributed by atoms with Gasteiger partial charge in [-0.3, -0.25) is 0 Å². The Kier molecular flexibility index (Phi) is 4.19. The van der Waals surface area contributed by atoms with E-state index in [0.29, 0.717) is 18.3 Å². The molecule has 1 unspecified atom stereocenters. The van der Waals surface area contributed by atoms with E-state index < -0.39 is 0 Å². The molecule has 6 nitrogen and oxygen atoms in total. The second kappa shape index (κ2) is 5.86. The Balaban J connectivity index is 2.24. The van der Waals surface area contributed by atoms with Gasteiger partial charge in [0.25, 0.3) is 0 Å². The molecule has 0 aromatic carbocycles. The van der Waals surface area contributed by atoms with Crippen molar-refractivity contribution < 1.29 is 14.3 Å². The minimum Gasteiger partial charge on any atom is -0.481 e. The zero-order valence-corrected chi connectivity index (χ0v) is 11.5. The van der Waals surface area contributed by atoms with Crippen LogP contribution in [-0.2, 0) is 9.53 Å². The second-order valence-corrected chi connectivity index (χ2v) is 4.42. The molecule has 1 fully saturated rings. The van der Waals surface area contributed by atoms with Crippen molar-refractivity contribution in [3.8, 4) is 5.88 Å². The number of hydrogen-bond donors (Lipinski definition) is 0. The number of carbonyl (C=O) groups excluding carboxylic acids is 1. The van der Waals surface area contributed by atoms with Crippen molar-refractivity contribution in [3.05, 3.63) is 11.9 Å². The first-order chi connectivity index (χ1) is 9.15. The molecule has 0 bridgehead atoms. The minimum absolute atomic E-state index is 0.185. The van der Waals surface area contributed by atoms with Gasteiger partial charge in [0.05, 0.1) is 13.7 Å². The molecule has 1 atom stereocenters. The van der Waals surface area contributed by atoms with Crippen LogP contribution in [0.1, 0.15) is 25.6 Å². The van der Waals surface area contributed by atoms with Crippen LogP contribution in [0.3, 0.4) is 0 Å². The van der Waals surface area contributed by atoms with E-state index >= 15 is 0 Å². The van der Waals surface area contributed by atoms with Gasteiger partial charge in [0.15, 0.2) is 0 Å². The van der Waals surface area contributed by atoms with Crippen molar-refractivity contribution in [3.63, 3.8) is 0 Å². The molecule has 1 aromatic heterocycles. The highest BCUT2D eigenvalue weighted by Crippen LogP contribution is 2.26. The van der Waals surface area contributed by atoms with Crippen molar-refractivity contribution in [2.75, 3.05) is 25.2 Å². The quantitative estimate of drug-likeness (QED) is 0.765. The fraction of sp³-hybridized carbons (Fsp3) is 0.615. The van der Waals surface area contributed by atoms with Crippen molar-refractivity contribution in [1.82, 2.24) is 9.97 Å². The molecule has 1 aliphatic rings. The zero-order valence-electron chi connectivity index (χ0n) is 11.5. The zero-order chi connectivity index (χ0) is 13.8. The molecule has 19 heavy (non-hydrogen) atoms. The van der Waals surface area contributed by atoms with Crippen molar-refractivity contribution >= 4 is 11.8 Å². The first-order valence-electron chi connectivity index (χ1n) is 6.48. The van der Waals surface area contributed by atoms with E-state index in [2.05, 4.69) is 9.97 Å². The highest BCUT2D eigenvalue weighted by Gasteiger charge is 2.33. The number of nitrogens with zero attached hydrogens (tertiary/aromatic N) is 3. The van der Waals surface area contributed by atoms with Crippen LogP contribution in [0.5, 0.6) is 5.88 Å². The first kappa shape index (κ1) is 13.6. The molecule has 0 spiro atoms. The summed E-state index contributed by atoms with van der Waals surface area (Å²) in [4.78, 5) is 22.4. The fourth-order valence-corrected chi connectivity index (χ4v) is 2.30. The van der Waals surface area contributed by atoms with E-state index in [9.17, 15) is 4.79 Å². The summed E-state index contributed by atoms with van der Waals surface area (Å²) in [6.45, 7) is 4.81. The molecule has 0 amide bonds. The third-order valence-electron chi connectivity index (χ3n) is 3.12. The van der Waals surface area contributed by atoms with E-state index in [1.54, 1.807) is 13.2 Å². The Labute approximate surface area is 112 Å². The SMILES string of the molecule is CCOC(=O)C1CCCN1c1cc(OC)nc(C)n1. The van der Waals surface area contributed by atoms with Gasteiger partial charge in [-0.1, -0.05) is 0 Å². The third-order valence-corrected chi connectivity index (χ3v) is 3.12. The number of aromatic nitrogens is 2. The number of rotatable bonds is 4. The van der Waals surface area contributed by atoms with Gasteiger partial charge in [-0.05, 0) is 26.7 Å². The molecule has 0 N–H and O–H groups in total. The molecule has 2 rings (SSSR count). The van der Waals surface area contributed by atoms with Crippen LogP contribution in [0.4, 0.5) is 5.82 Å². The summed E-state index contributed by atoms with van der Waals surface area (Å²) < 4.78 is 10.3. The van der Waals surface area contributed by atoms with Gasteiger partial charge in [-0.15, -0.1) is 0 Å². The third kappa shape index (κ3) is 2.94. The van der Waals surface area contributed by atoms with Gasteiger partial charge in [-0.2, -0.15) is 4.98 Å². The first-order valence-corrected chi connectivity index (χ1v) is 6.48. The Morgan fingerprint density at radius 1 is 1.53 bits per heavy atom. The Hall–Kier alpha value is -1.85. The maximum atomic E-state index is 11.9. The van der Waals surface area contributed by atoms with Gasteiger partial charge in [0.1, 0.15) is 17.7 Å². The summed E-state index contributed by atoms with van der Waals surface area (Å²) >= 11 is 0. The van der Waals surface area contributed by atoms with Crippen LogP contribution >= 0.6 is 0 Å². The summed E-state index contributed by atoms with van der Waals surface area (Å²) in [5, 5.41) is 0. The topological polar surface area (TPSA) is 64.5 Å². The number of anilines is 1. The van der Waals surface area contributed by atoms with Crippen LogP contribution in [0.2, 0.25) is 0 Å². The van der Waals surface area contributed by atoms with Gasteiger partial charge < -0.3 is 14.4 Å². The lowest BCUT2D eigenvalue weighted by Gasteiger charge is -2.24. The second-order valence-electron chi connectivity index (χ2n) is 4.42. The minimum atomic E-state index is -0.251. The normalized spacial score (nSPS) is 18.5. The molecule has 1 aromatic rings. The predicted octanol–water partition coefficient (Wildman–Crippen LogP) is 1.33. The van der Waals surface area contributed by atoms with Crippen LogP contribution in [0.15, 0.2) is 6.07 Å². The fourth-order valence-electron chi connectivity index (χ4n) is 2.30. The van der Waals surface area contributed by atoms with E-state index in [1.165, 1.54) is 0 Å². The van der Waals surface area contributed by atoms with E-state index in [1.807, 2.05) is 18.7 Å². The van der Waals surface area contributed by atoms with Crippen LogP contribution in [0, 0.1) is 6.92 Å². The van der Waals surface area contributed by atoms with Crippen LogP contribution in [-0.4, -0.2) is 42.2 Å². The standard InChI is InChI=1S/C13H19N3O3/c1-4-19-13(17)10-6-5-7-16(10)11-8-12(18-3)15-9(2)14-11/h8,10H,4-7H2,1-3H3. The van der Waals surface area contributed by atoms with Crippen molar-refractivity contribution in [2.24, 2.45) is 0 Å². The molecule has 0 radical (unpaired) electrons. The highest BCUT2D eigenvalue weighted by molar-refractivity contribution is 5.80. The smallest absolute Gasteiger partial charge is 0.328 e. The van der Waals surface area contributed by atoms with Crippen LogP contribution in [0.25, 0.3) is 0 Å². The van der Waals surface area contributed by atoms with Crippen molar-refractivity contribution in [2.45, 2.75) is 32.7 Å². The van der Waals surface area contributed by atoms with E-state index in [-0.39, 0.29) is 12.0 Å². The summed E-state index contributed by atoms with van der Waals surface area (Å²) in [6, 6.07) is 1.50. The number of esters is 1. The number of carbonyl (C=O) groups is 1. The van der Waals surface area contributed by atoms with Gasteiger partial charge in [0, 0.05) is 12.6 Å². The Morgan fingerprint density at radius 2 is 2.32 bits per heavy atom. The van der Waals surface area contributed by atoms with Gasteiger partial charge in [0.2, 0.25) is 5.88 Å². The molecule has 0 aliphatic carbocycles. The predicted molar refractivity (Wildman–Crippen MR) is 70.3 cm³/mol. The summed E-state index contributed by atoms with van der Waals surface area (Å²) in [7, 11) is 1.57. The maximum absolute atomic E-state index is 11.9. The van der Waals surface area contributed by atoms with Crippen molar-refractivity contribution in [1.29, 1.82) is 0 Å². The summed E-state index contributed by atoms with van der Waals surface area (Å²) in [6.07, 6.45) is 1.75. The largest absolute Gasteiger partial charge is 0.481 e. The molecule has 104 valence electrons. The van der Waals surface area contributed by atoms with Crippen LogP contribution < -0.4 is 9.64 Å². The molecule has 6 heteroatoms. The monoisotopic (exact) mass is 265 g/mol. The number of aryl methyl sites for hydroxylation is 1. The lowest BCUT2D eigenvalue weighted by molar-refractivity contribution is -0.144. The highest BCUT2D eigenvalue weighted by atomic mass is 16.5. The molecular formula is C13H19N3O3. The molecule has 1 aliphatic heterocycles. The van der Waals surface area contributed by atoms with E-state index in [0.717, 1.165) is 25.2 Å². The van der Waals surface area contributed by atoms with E-state index in [4.69, 9.17) is 9.47 Å². The Bertz CT molecular complexity index is 464. The number of ether oxygens (including phenoxy) is 2. The molecule has 2 heterocycles. The maximum Gasteiger partial charge on any atom is 0.328 e. The summed E-state index contributed by atoms with van der Waals surface area (Å²) in [5.41, 5.74) is 0. The average molecular weight is 265 g/mol. The average Bonchev–Trinajstić information content (AvgIpc) is 2.87. The number of methoxy groups -OCH3 is 1. The Morgan fingerprint density at radius 3 is 3.00 bits per heavy atom. The lowest BCUT2D eigenvalue weighted by atomic mass is 10.2. The molecular weight excluding hydrogens is 246 g/mol. The summed E-state index contributed by atoms with van der Waals surface area (Å²) in [5.74, 6) is 1.68. The van der Waals surface area contributed by atoms with Gasteiger partial charge >= 0.3 is 5.97 Å². The molecule has 0 saturated carbocycles. The molecule has 1 saturated heterocycles. The van der Waals surface area contributed by atoms with Gasteiger partial charge in [-0.25, -0.2) is 9.78 Å². The lowest BCUT2D eigenvalue weighted by Crippen LogP contribution is -2.38.